The van der Waals surface area contributed by atoms with Gasteiger partial charge < -0.3 is 20.3 Å². The van der Waals surface area contributed by atoms with Crippen LogP contribution in [0.25, 0.3) is 0 Å². The van der Waals surface area contributed by atoms with Gasteiger partial charge >= 0.3 is 5.97 Å². The molecule has 3 N–H and O–H groups in total. The van der Waals surface area contributed by atoms with Crippen molar-refractivity contribution in [3.63, 3.8) is 0 Å². The van der Waals surface area contributed by atoms with E-state index in [2.05, 4.69) is 86.8 Å². The van der Waals surface area contributed by atoms with E-state index in [1.54, 1.807) is 0 Å². The first kappa shape index (κ1) is 61.6. The number of ether oxygens (including phenoxy) is 1. The van der Waals surface area contributed by atoms with Crippen LogP contribution >= 0.6 is 0 Å². The fraction of sp³-hybridized carbons (Fsp3) is 0.793. The molecule has 0 aliphatic heterocycles. The van der Waals surface area contributed by atoms with E-state index in [9.17, 15) is 19.8 Å². The molecule has 1 amide bonds. The summed E-state index contributed by atoms with van der Waals surface area (Å²) in [5, 5.41) is 23.8. The minimum absolute atomic E-state index is 0.0589. The highest BCUT2D eigenvalue weighted by Crippen LogP contribution is 2.18. The summed E-state index contributed by atoms with van der Waals surface area (Å²) in [7, 11) is 0. The third-order valence-corrected chi connectivity index (χ3v) is 12.3. The SMILES string of the molecule is CC/C=C/C/C=C/CCCCCCCCCC(=O)OC(CCCCCC/C=C\C/C=C\C/C=C\CCCCC)CC(=O)NC(CO)C(O)CCCCCCCCCCCCCCCC. The predicted octanol–water partition coefficient (Wildman–Crippen LogP) is 16.8. The molecular formula is C58H105NO5. The van der Waals surface area contributed by atoms with Crippen molar-refractivity contribution in [3.05, 3.63) is 60.8 Å². The molecular weight excluding hydrogens is 791 g/mol. The summed E-state index contributed by atoms with van der Waals surface area (Å²) in [6.45, 7) is 6.36. The van der Waals surface area contributed by atoms with E-state index in [4.69, 9.17) is 4.74 Å². The number of nitrogens with one attached hydrogen (secondary N) is 1. The standard InChI is InChI=1S/C58H105NO5/c1-4-7-10-13-16-19-22-25-28-29-30-31-34-37-40-43-46-49-54(64-58(63)51-48-45-42-39-36-33-27-24-21-18-15-12-9-6-3)52-57(62)59-55(53-60)56(61)50-47-44-41-38-35-32-26-23-20-17-14-11-8-5-2/h9,12,16,18-19,21,25,28,30-31,54-56,60-61H,4-8,10-11,13-15,17,20,22-24,26-27,29,32-53H2,1-3H3,(H,59,62)/b12-9+,19-16-,21-18+,28-25-,31-30-. The Hall–Kier alpha value is -2.44. The number of esters is 1. The number of amides is 1. The van der Waals surface area contributed by atoms with E-state index in [0.29, 0.717) is 19.3 Å². The van der Waals surface area contributed by atoms with Crippen LogP contribution in [0.15, 0.2) is 60.8 Å². The number of carbonyl (C=O) groups excluding carboxylic acids is 2. The fourth-order valence-corrected chi connectivity index (χ4v) is 8.18. The van der Waals surface area contributed by atoms with Crippen LogP contribution in [0, 0.1) is 0 Å². The van der Waals surface area contributed by atoms with E-state index in [1.807, 2.05) is 0 Å². The molecule has 6 heteroatoms. The van der Waals surface area contributed by atoms with E-state index in [0.717, 1.165) is 103 Å². The molecule has 0 aromatic heterocycles. The number of carbonyl (C=O) groups is 2. The van der Waals surface area contributed by atoms with Crippen molar-refractivity contribution in [1.82, 2.24) is 5.32 Å². The number of unbranched alkanes of at least 4 members (excludes halogenated alkanes) is 27. The maximum atomic E-state index is 13.2. The van der Waals surface area contributed by atoms with E-state index >= 15 is 0 Å². The highest BCUT2D eigenvalue weighted by atomic mass is 16.5. The van der Waals surface area contributed by atoms with Crippen LogP contribution in [-0.2, 0) is 14.3 Å². The van der Waals surface area contributed by atoms with Crippen molar-refractivity contribution < 1.29 is 24.5 Å². The lowest BCUT2D eigenvalue weighted by molar-refractivity contribution is -0.151. The quantitative estimate of drug-likeness (QED) is 0.0321. The average molecular weight is 896 g/mol. The van der Waals surface area contributed by atoms with Gasteiger partial charge in [-0.15, -0.1) is 0 Å². The number of allylic oxidation sites excluding steroid dienone is 10. The van der Waals surface area contributed by atoms with Crippen molar-refractivity contribution in [2.24, 2.45) is 0 Å². The van der Waals surface area contributed by atoms with Gasteiger partial charge in [0.25, 0.3) is 0 Å². The van der Waals surface area contributed by atoms with Gasteiger partial charge in [0.2, 0.25) is 5.91 Å². The van der Waals surface area contributed by atoms with Crippen molar-refractivity contribution >= 4 is 11.9 Å². The minimum atomic E-state index is -0.797. The second-order valence-electron chi connectivity index (χ2n) is 18.6. The zero-order valence-electron chi connectivity index (χ0n) is 42.4. The Morgan fingerprint density at radius 3 is 1.31 bits per heavy atom. The third-order valence-electron chi connectivity index (χ3n) is 12.3. The summed E-state index contributed by atoms with van der Waals surface area (Å²) in [6.07, 6.45) is 64.2. The molecule has 0 bridgehead atoms. The van der Waals surface area contributed by atoms with E-state index in [1.165, 1.54) is 122 Å². The molecule has 0 saturated heterocycles. The van der Waals surface area contributed by atoms with Gasteiger partial charge in [-0.25, -0.2) is 0 Å². The van der Waals surface area contributed by atoms with Gasteiger partial charge in [-0.3, -0.25) is 9.59 Å². The van der Waals surface area contributed by atoms with Crippen molar-refractivity contribution in [2.45, 2.75) is 289 Å². The first-order valence-corrected chi connectivity index (χ1v) is 27.5. The smallest absolute Gasteiger partial charge is 0.306 e. The second kappa shape index (κ2) is 51.5. The zero-order chi connectivity index (χ0) is 46.7. The lowest BCUT2D eigenvalue weighted by Gasteiger charge is -2.24. The normalized spacial score (nSPS) is 13.6. The first-order chi connectivity index (χ1) is 31.5. The van der Waals surface area contributed by atoms with Gasteiger partial charge in [-0.05, 0) is 89.9 Å². The maximum absolute atomic E-state index is 13.2. The molecule has 0 aliphatic carbocycles. The molecule has 0 radical (unpaired) electrons. The summed E-state index contributed by atoms with van der Waals surface area (Å²) < 4.78 is 5.94. The number of aliphatic hydroxyl groups is 2. The third kappa shape index (κ3) is 46.1. The van der Waals surface area contributed by atoms with E-state index in [-0.39, 0.29) is 24.9 Å². The van der Waals surface area contributed by atoms with Gasteiger partial charge in [0.15, 0.2) is 0 Å². The summed E-state index contributed by atoms with van der Waals surface area (Å²) >= 11 is 0. The molecule has 64 heavy (non-hydrogen) atoms. The predicted molar refractivity (Wildman–Crippen MR) is 278 cm³/mol. The number of rotatable bonds is 49. The summed E-state index contributed by atoms with van der Waals surface area (Å²) in [5.41, 5.74) is 0. The molecule has 0 rings (SSSR count). The Bertz CT molecular complexity index is 1140. The molecule has 0 aromatic rings. The topological polar surface area (TPSA) is 95.9 Å². The Morgan fingerprint density at radius 2 is 0.844 bits per heavy atom. The van der Waals surface area contributed by atoms with Gasteiger partial charge in [-0.1, -0.05) is 229 Å². The van der Waals surface area contributed by atoms with Crippen molar-refractivity contribution in [3.8, 4) is 0 Å². The second-order valence-corrected chi connectivity index (χ2v) is 18.6. The van der Waals surface area contributed by atoms with Crippen LogP contribution in [-0.4, -0.2) is 46.9 Å². The minimum Gasteiger partial charge on any atom is -0.462 e. The molecule has 6 nitrogen and oxygen atoms in total. The average Bonchev–Trinajstić information content (AvgIpc) is 3.29. The van der Waals surface area contributed by atoms with Crippen LogP contribution in [0.4, 0.5) is 0 Å². The van der Waals surface area contributed by atoms with Crippen LogP contribution in [0.2, 0.25) is 0 Å². The summed E-state index contributed by atoms with van der Waals surface area (Å²) in [4.78, 5) is 26.2. The Labute approximate surface area is 397 Å². The molecule has 3 atom stereocenters. The first-order valence-electron chi connectivity index (χ1n) is 27.5. The van der Waals surface area contributed by atoms with Crippen molar-refractivity contribution in [2.75, 3.05) is 6.61 Å². The highest BCUT2D eigenvalue weighted by molar-refractivity contribution is 5.77. The lowest BCUT2D eigenvalue weighted by Crippen LogP contribution is -2.46. The Morgan fingerprint density at radius 1 is 0.469 bits per heavy atom. The largest absolute Gasteiger partial charge is 0.462 e. The van der Waals surface area contributed by atoms with Crippen LogP contribution in [0.1, 0.15) is 271 Å². The summed E-state index contributed by atoms with van der Waals surface area (Å²) in [6, 6.07) is -0.712. The molecule has 372 valence electrons. The van der Waals surface area contributed by atoms with Crippen LogP contribution in [0.5, 0.6) is 0 Å². The van der Waals surface area contributed by atoms with E-state index < -0.39 is 18.2 Å². The monoisotopic (exact) mass is 896 g/mol. The molecule has 3 unspecified atom stereocenters. The fourth-order valence-electron chi connectivity index (χ4n) is 8.18. The molecule has 0 spiro atoms. The summed E-state index contributed by atoms with van der Waals surface area (Å²) in [5.74, 6) is -0.500. The maximum Gasteiger partial charge on any atom is 0.306 e. The Balaban J connectivity index is 4.63. The molecule has 0 fully saturated rings. The number of aliphatic hydroxyl groups excluding tert-OH is 2. The zero-order valence-corrected chi connectivity index (χ0v) is 42.4. The molecule has 0 aromatic carbocycles. The van der Waals surface area contributed by atoms with Gasteiger partial charge in [0, 0.05) is 6.42 Å². The molecule has 0 heterocycles. The van der Waals surface area contributed by atoms with Gasteiger partial charge in [-0.2, -0.15) is 0 Å². The molecule has 0 aliphatic rings. The highest BCUT2D eigenvalue weighted by Gasteiger charge is 2.24. The van der Waals surface area contributed by atoms with Crippen LogP contribution in [0.3, 0.4) is 0 Å². The lowest BCUT2D eigenvalue weighted by atomic mass is 10.0. The van der Waals surface area contributed by atoms with Crippen molar-refractivity contribution in [1.29, 1.82) is 0 Å². The molecule has 0 saturated carbocycles. The number of hydrogen-bond donors (Lipinski definition) is 3. The number of hydrogen-bond acceptors (Lipinski definition) is 5. The van der Waals surface area contributed by atoms with Gasteiger partial charge in [0.1, 0.15) is 6.10 Å². The Kier molecular flexibility index (Phi) is 49.6. The van der Waals surface area contributed by atoms with Gasteiger partial charge in [0.05, 0.1) is 25.2 Å². The van der Waals surface area contributed by atoms with Crippen LogP contribution < -0.4 is 5.32 Å².